The zero-order chi connectivity index (χ0) is 17.8. The van der Waals surface area contributed by atoms with Crippen LogP contribution in [0.15, 0.2) is 59.4 Å². The third-order valence-corrected chi connectivity index (χ3v) is 3.48. The summed E-state index contributed by atoms with van der Waals surface area (Å²) in [5.41, 5.74) is 0.236. The molecule has 0 aliphatic carbocycles. The van der Waals surface area contributed by atoms with Crippen molar-refractivity contribution in [3.05, 3.63) is 76.6 Å². The SMILES string of the molecule is COc1cccc(-c2cc(C(=O)Nc3ccccc3F)[nH]c(=O)n2)c1. The van der Waals surface area contributed by atoms with Crippen LogP contribution in [-0.2, 0) is 0 Å². The van der Waals surface area contributed by atoms with E-state index in [0.717, 1.165) is 0 Å². The van der Waals surface area contributed by atoms with Crippen molar-refractivity contribution in [2.75, 3.05) is 12.4 Å². The molecule has 3 aromatic rings. The Balaban J connectivity index is 1.95. The summed E-state index contributed by atoms with van der Waals surface area (Å²) < 4.78 is 18.8. The number of aromatic nitrogens is 2. The minimum atomic E-state index is -0.681. The fourth-order valence-corrected chi connectivity index (χ4v) is 2.26. The molecule has 0 bridgehead atoms. The molecule has 0 saturated heterocycles. The second kappa shape index (κ2) is 6.96. The quantitative estimate of drug-likeness (QED) is 0.765. The number of aromatic amines is 1. The molecule has 3 rings (SSSR count). The van der Waals surface area contributed by atoms with Gasteiger partial charge in [-0.05, 0) is 30.3 Å². The lowest BCUT2D eigenvalue weighted by atomic mass is 10.1. The van der Waals surface area contributed by atoms with E-state index in [2.05, 4.69) is 15.3 Å². The van der Waals surface area contributed by atoms with E-state index in [1.165, 1.54) is 31.4 Å². The summed E-state index contributed by atoms with van der Waals surface area (Å²) in [6.45, 7) is 0. The van der Waals surface area contributed by atoms with Crippen molar-refractivity contribution >= 4 is 11.6 Å². The van der Waals surface area contributed by atoms with Gasteiger partial charge in [0.15, 0.2) is 0 Å². The van der Waals surface area contributed by atoms with Crippen LogP contribution in [0, 0.1) is 5.82 Å². The molecule has 25 heavy (non-hydrogen) atoms. The summed E-state index contributed by atoms with van der Waals surface area (Å²) in [6, 6.07) is 14.1. The van der Waals surface area contributed by atoms with Crippen LogP contribution in [0.2, 0.25) is 0 Å². The van der Waals surface area contributed by atoms with E-state index < -0.39 is 17.4 Å². The molecule has 0 aliphatic rings. The third kappa shape index (κ3) is 3.72. The van der Waals surface area contributed by atoms with Gasteiger partial charge in [-0.3, -0.25) is 4.79 Å². The topological polar surface area (TPSA) is 84.1 Å². The minimum Gasteiger partial charge on any atom is -0.497 e. The normalized spacial score (nSPS) is 10.3. The summed E-state index contributed by atoms with van der Waals surface area (Å²) in [5, 5.41) is 2.42. The predicted octanol–water partition coefficient (Wildman–Crippen LogP) is 2.84. The van der Waals surface area contributed by atoms with Crippen LogP contribution in [0.3, 0.4) is 0 Å². The maximum Gasteiger partial charge on any atom is 0.346 e. The minimum absolute atomic E-state index is 0.0214. The van der Waals surface area contributed by atoms with Gasteiger partial charge in [-0.2, -0.15) is 4.98 Å². The van der Waals surface area contributed by atoms with Gasteiger partial charge in [-0.15, -0.1) is 0 Å². The third-order valence-electron chi connectivity index (χ3n) is 3.48. The van der Waals surface area contributed by atoms with E-state index in [4.69, 9.17) is 4.74 Å². The fraction of sp³-hybridized carbons (Fsp3) is 0.0556. The molecule has 2 N–H and O–H groups in total. The van der Waals surface area contributed by atoms with E-state index in [9.17, 15) is 14.0 Å². The second-order valence-corrected chi connectivity index (χ2v) is 5.15. The van der Waals surface area contributed by atoms with Gasteiger partial charge < -0.3 is 15.0 Å². The summed E-state index contributed by atoms with van der Waals surface area (Å²) in [7, 11) is 1.53. The first-order chi connectivity index (χ1) is 12.1. The molecule has 1 heterocycles. The van der Waals surface area contributed by atoms with Gasteiger partial charge in [0, 0.05) is 5.56 Å². The monoisotopic (exact) mass is 339 g/mol. The fourth-order valence-electron chi connectivity index (χ4n) is 2.26. The van der Waals surface area contributed by atoms with Gasteiger partial charge in [0.25, 0.3) is 5.91 Å². The molecule has 0 atom stereocenters. The molecule has 1 aromatic heterocycles. The summed E-state index contributed by atoms with van der Waals surface area (Å²) in [4.78, 5) is 30.4. The summed E-state index contributed by atoms with van der Waals surface area (Å²) in [6.07, 6.45) is 0. The molecule has 0 radical (unpaired) electrons. The molecule has 0 spiro atoms. The lowest BCUT2D eigenvalue weighted by Crippen LogP contribution is -2.21. The molecule has 7 heteroatoms. The van der Waals surface area contributed by atoms with Gasteiger partial charge >= 0.3 is 5.69 Å². The highest BCUT2D eigenvalue weighted by Crippen LogP contribution is 2.22. The highest BCUT2D eigenvalue weighted by atomic mass is 19.1. The van der Waals surface area contributed by atoms with Crippen LogP contribution in [0.1, 0.15) is 10.5 Å². The number of anilines is 1. The molecule has 0 unspecified atom stereocenters. The number of carbonyl (C=O) groups is 1. The smallest absolute Gasteiger partial charge is 0.346 e. The van der Waals surface area contributed by atoms with Crippen LogP contribution in [0.4, 0.5) is 10.1 Å². The molecule has 0 aliphatic heterocycles. The van der Waals surface area contributed by atoms with Crippen molar-refractivity contribution in [3.63, 3.8) is 0 Å². The van der Waals surface area contributed by atoms with Gasteiger partial charge in [0.05, 0.1) is 18.5 Å². The zero-order valence-electron chi connectivity index (χ0n) is 13.2. The molecular weight excluding hydrogens is 325 g/mol. The Morgan fingerprint density at radius 3 is 2.72 bits per heavy atom. The highest BCUT2D eigenvalue weighted by molar-refractivity contribution is 6.03. The van der Waals surface area contributed by atoms with Crippen LogP contribution < -0.4 is 15.7 Å². The van der Waals surface area contributed by atoms with Gasteiger partial charge in [0.1, 0.15) is 17.3 Å². The molecule has 126 valence electrons. The van der Waals surface area contributed by atoms with Gasteiger partial charge in [0.2, 0.25) is 0 Å². The molecule has 2 aromatic carbocycles. The number of methoxy groups -OCH3 is 1. The van der Waals surface area contributed by atoms with Crippen molar-refractivity contribution in [2.45, 2.75) is 0 Å². The molecule has 1 amide bonds. The van der Waals surface area contributed by atoms with E-state index >= 15 is 0 Å². The molecule has 0 fully saturated rings. The first-order valence-electron chi connectivity index (χ1n) is 7.38. The Morgan fingerprint density at radius 1 is 1.16 bits per heavy atom. The van der Waals surface area contributed by atoms with Crippen molar-refractivity contribution in [3.8, 4) is 17.0 Å². The number of H-pyrrole nitrogens is 1. The maximum absolute atomic E-state index is 13.7. The lowest BCUT2D eigenvalue weighted by Gasteiger charge is -2.08. The number of amides is 1. The van der Waals surface area contributed by atoms with Gasteiger partial charge in [-0.1, -0.05) is 24.3 Å². The zero-order valence-corrected chi connectivity index (χ0v) is 13.2. The van der Waals surface area contributed by atoms with Crippen molar-refractivity contribution in [2.24, 2.45) is 0 Å². The summed E-state index contributed by atoms with van der Waals surface area (Å²) in [5.74, 6) is -0.619. The van der Waals surface area contributed by atoms with Crippen LogP contribution in [-0.4, -0.2) is 23.0 Å². The van der Waals surface area contributed by atoms with E-state index in [1.54, 1.807) is 30.3 Å². The summed E-state index contributed by atoms with van der Waals surface area (Å²) >= 11 is 0. The number of hydrogen-bond donors (Lipinski definition) is 2. The van der Waals surface area contributed by atoms with Gasteiger partial charge in [-0.25, -0.2) is 9.18 Å². The number of para-hydroxylation sites is 1. The van der Waals surface area contributed by atoms with E-state index in [1.807, 2.05) is 0 Å². The van der Waals surface area contributed by atoms with Crippen LogP contribution >= 0.6 is 0 Å². The van der Waals surface area contributed by atoms with Crippen molar-refractivity contribution in [1.82, 2.24) is 9.97 Å². The average Bonchev–Trinajstić information content (AvgIpc) is 2.63. The second-order valence-electron chi connectivity index (χ2n) is 5.15. The highest BCUT2D eigenvalue weighted by Gasteiger charge is 2.13. The molecule has 0 saturated carbocycles. The maximum atomic E-state index is 13.7. The number of hydrogen-bond acceptors (Lipinski definition) is 4. The Kier molecular flexibility index (Phi) is 4.56. The van der Waals surface area contributed by atoms with E-state index in [0.29, 0.717) is 17.0 Å². The average molecular weight is 339 g/mol. The Morgan fingerprint density at radius 2 is 1.96 bits per heavy atom. The van der Waals surface area contributed by atoms with Crippen molar-refractivity contribution < 1.29 is 13.9 Å². The van der Waals surface area contributed by atoms with E-state index in [-0.39, 0.29) is 11.4 Å². The lowest BCUT2D eigenvalue weighted by molar-refractivity contribution is 0.102. The van der Waals surface area contributed by atoms with Crippen LogP contribution in [0.25, 0.3) is 11.3 Å². The Hall–Kier alpha value is -3.48. The number of nitrogens with zero attached hydrogens (tertiary/aromatic N) is 1. The number of benzene rings is 2. The Bertz CT molecular complexity index is 985. The largest absolute Gasteiger partial charge is 0.497 e. The number of carbonyl (C=O) groups excluding carboxylic acids is 1. The first kappa shape index (κ1) is 16.4. The number of nitrogens with one attached hydrogen (secondary N) is 2. The molecule has 6 nitrogen and oxygen atoms in total. The van der Waals surface area contributed by atoms with Crippen molar-refractivity contribution in [1.29, 1.82) is 0 Å². The number of rotatable bonds is 4. The Labute approximate surface area is 142 Å². The molecular formula is C18H14FN3O3. The predicted molar refractivity (Wildman–Crippen MR) is 91.2 cm³/mol. The first-order valence-corrected chi connectivity index (χ1v) is 7.38. The number of halogens is 1. The number of ether oxygens (including phenoxy) is 1. The van der Waals surface area contributed by atoms with Crippen LogP contribution in [0.5, 0.6) is 5.75 Å². The standard InChI is InChI=1S/C18H14FN3O3/c1-25-12-6-4-5-11(9-12)15-10-16(22-18(24)21-15)17(23)20-14-8-3-2-7-13(14)19/h2-10H,1H3,(H,20,23)(H,21,22,24).